The molecule has 25 heavy (non-hydrogen) atoms. The van der Waals surface area contributed by atoms with Gasteiger partial charge >= 0.3 is 0 Å². The fraction of sp³-hybridized carbons (Fsp3) is 0.350. The lowest BCUT2D eigenvalue weighted by atomic mass is 10.2. The number of para-hydroxylation sites is 1. The number of hydrogen-bond donors (Lipinski definition) is 0. The van der Waals surface area contributed by atoms with Crippen LogP contribution in [0.5, 0.6) is 11.5 Å². The average molecular weight is 357 g/mol. The molecular formula is C20H23NO3S. The maximum absolute atomic E-state index is 12.8. The standard InChI is InChI=1S/C20H23NO3S/c1-14-8-9-17(18(12-14)23-3)24-13-20(22)21-11-10-15(2)25-19-7-5-4-6-16(19)21/h4-9,12,15H,10-11,13H2,1-3H3. The highest BCUT2D eigenvalue weighted by Gasteiger charge is 2.24. The summed E-state index contributed by atoms with van der Waals surface area (Å²) >= 11 is 1.82. The van der Waals surface area contributed by atoms with Crippen molar-refractivity contribution in [2.75, 3.05) is 25.2 Å². The summed E-state index contributed by atoms with van der Waals surface area (Å²) in [6.45, 7) is 4.89. The van der Waals surface area contributed by atoms with Crippen LogP contribution in [0.3, 0.4) is 0 Å². The molecule has 1 atom stereocenters. The van der Waals surface area contributed by atoms with Crippen molar-refractivity contribution in [2.45, 2.75) is 30.4 Å². The molecule has 1 unspecified atom stereocenters. The second-order valence-corrected chi connectivity index (χ2v) is 7.65. The zero-order valence-corrected chi connectivity index (χ0v) is 15.6. The molecule has 0 fully saturated rings. The zero-order valence-electron chi connectivity index (χ0n) is 14.8. The van der Waals surface area contributed by atoms with E-state index in [4.69, 9.17) is 9.47 Å². The van der Waals surface area contributed by atoms with Gasteiger partial charge in [0.25, 0.3) is 5.91 Å². The Morgan fingerprint density at radius 2 is 2.04 bits per heavy atom. The van der Waals surface area contributed by atoms with Gasteiger partial charge in [0.2, 0.25) is 0 Å². The SMILES string of the molecule is COc1cc(C)ccc1OCC(=O)N1CCC(C)Sc2ccccc21. The number of thioether (sulfide) groups is 1. The third-order valence-corrected chi connectivity index (χ3v) is 5.45. The minimum absolute atomic E-state index is 0.00714. The van der Waals surface area contributed by atoms with Crippen LogP contribution in [-0.4, -0.2) is 31.4 Å². The molecule has 0 spiro atoms. The number of fused-ring (bicyclic) bond motifs is 1. The van der Waals surface area contributed by atoms with Crippen LogP contribution in [0.15, 0.2) is 47.4 Å². The largest absolute Gasteiger partial charge is 0.493 e. The number of carbonyl (C=O) groups is 1. The number of ether oxygens (including phenoxy) is 2. The van der Waals surface area contributed by atoms with E-state index >= 15 is 0 Å². The summed E-state index contributed by atoms with van der Waals surface area (Å²) in [5.41, 5.74) is 2.06. The van der Waals surface area contributed by atoms with E-state index in [0.717, 1.165) is 22.6 Å². The van der Waals surface area contributed by atoms with E-state index in [1.807, 2.05) is 60.0 Å². The topological polar surface area (TPSA) is 38.8 Å². The predicted octanol–water partition coefficient (Wildman–Crippen LogP) is 4.30. The lowest BCUT2D eigenvalue weighted by Gasteiger charge is -2.22. The number of amides is 1. The van der Waals surface area contributed by atoms with Crippen LogP contribution in [0.25, 0.3) is 0 Å². The molecule has 1 aliphatic heterocycles. The Morgan fingerprint density at radius 3 is 2.84 bits per heavy atom. The number of methoxy groups -OCH3 is 1. The fourth-order valence-corrected chi connectivity index (χ4v) is 3.97. The van der Waals surface area contributed by atoms with Gasteiger partial charge in [0.1, 0.15) is 0 Å². The molecule has 0 saturated heterocycles. The maximum Gasteiger partial charge on any atom is 0.264 e. The molecule has 1 aliphatic rings. The van der Waals surface area contributed by atoms with Crippen molar-refractivity contribution in [1.82, 2.24) is 0 Å². The van der Waals surface area contributed by atoms with Crippen molar-refractivity contribution in [3.8, 4) is 11.5 Å². The van der Waals surface area contributed by atoms with Gasteiger partial charge in [-0.15, -0.1) is 11.8 Å². The molecule has 5 heteroatoms. The number of carbonyl (C=O) groups excluding carboxylic acids is 1. The van der Waals surface area contributed by atoms with Crippen LogP contribution in [0, 0.1) is 6.92 Å². The molecule has 132 valence electrons. The van der Waals surface area contributed by atoms with E-state index in [-0.39, 0.29) is 12.5 Å². The molecule has 0 saturated carbocycles. The first kappa shape index (κ1) is 17.7. The molecule has 0 aromatic heterocycles. The van der Waals surface area contributed by atoms with Gasteiger partial charge in [-0.05, 0) is 43.2 Å². The van der Waals surface area contributed by atoms with E-state index < -0.39 is 0 Å². The third-order valence-electron chi connectivity index (χ3n) is 4.21. The number of nitrogens with zero attached hydrogens (tertiary/aromatic N) is 1. The highest BCUT2D eigenvalue weighted by Crippen LogP contribution is 2.37. The van der Waals surface area contributed by atoms with Gasteiger partial charge in [0.05, 0.1) is 12.8 Å². The normalized spacial score (nSPS) is 16.8. The third kappa shape index (κ3) is 4.10. The van der Waals surface area contributed by atoms with Crippen LogP contribution >= 0.6 is 11.8 Å². The van der Waals surface area contributed by atoms with Crippen molar-refractivity contribution in [3.63, 3.8) is 0 Å². The highest BCUT2D eigenvalue weighted by molar-refractivity contribution is 8.00. The zero-order chi connectivity index (χ0) is 17.8. The summed E-state index contributed by atoms with van der Waals surface area (Å²) in [4.78, 5) is 15.8. The highest BCUT2D eigenvalue weighted by atomic mass is 32.2. The van der Waals surface area contributed by atoms with Crippen LogP contribution < -0.4 is 14.4 Å². The molecule has 1 amide bonds. The first-order chi connectivity index (χ1) is 12.1. The Bertz CT molecular complexity index is 762. The fourth-order valence-electron chi connectivity index (χ4n) is 2.86. The van der Waals surface area contributed by atoms with Crippen molar-refractivity contribution in [2.24, 2.45) is 0 Å². The van der Waals surface area contributed by atoms with Gasteiger partial charge in [-0.25, -0.2) is 0 Å². The smallest absolute Gasteiger partial charge is 0.264 e. The van der Waals surface area contributed by atoms with E-state index in [0.29, 0.717) is 23.3 Å². The first-order valence-electron chi connectivity index (χ1n) is 8.42. The molecule has 4 nitrogen and oxygen atoms in total. The van der Waals surface area contributed by atoms with Gasteiger partial charge in [0.15, 0.2) is 18.1 Å². The quantitative estimate of drug-likeness (QED) is 0.818. The Morgan fingerprint density at radius 1 is 1.24 bits per heavy atom. The van der Waals surface area contributed by atoms with Crippen molar-refractivity contribution >= 4 is 23.4 Å². The molecule has 0 N–H and O–H groups in total. The Balaban J connectivity index is 1.75. The number of rotatable bonds is 4. The minimum Gasteiger partial charge on any atom is -0.493 e. The average Bonchev–Trinajstić information content (AvgIpc) is 2.78. The van der Waals surface area contributed by atoms with E-state index in [1.54, 1.807) is 7.11 Å². The van der Waals surface area contributed by atoms with Crippen LogP contribution in [0.2, 0.25) is 0 Å². The first-order valence-corrected chi connectivity index (χ1v) is 9.30. The number of anilines is 1. The summed E-state index contributed by atoms with van der Waals surface area (Å²) in [5, 5.41) is 0.483. The molecule has 0 bridgehead atoms. The molecule has 0 aliphatic carbocycles. The predicted molar refractivity (Wildman–Crippen MR) is 102 cm³/mol. The van der Waals surface area contributed by atoms with Gasteiger partial charge in [-0.1, -0.05) is 25.1 Å². The minimum atomic E-state index is -0.0372. The summed E-state index contributed by atoms with van der Waals surface area (Å²) < 4.78 is 11.1. The summed E-state index contributed by atoms with van der Waals surface area (Å²) in [6.07, 6.45) is 0.957. The molecule has 2 aromatic rings. The molecule has 1 heterocycles. The van der Waals surface area contributed by atoms with Crippen molar-refractivity contribution in [3.05, 3.63) is 48.0 Å². The van der Waals surface area contributed by atoms with Gasteiger partial charge in [-0.2, -0.15) is 0 Å². The van der Waals surface area contributed by atoms with Gasteiger partial charge < -0.3 is 14.4 Å². The lowest BCUT2D eigenvalue weighted by Crippen LogP contribution is -2.36. The lowest BCUT2D eigenvalue weighted by molar-refractivity contribution is -0.120. The van der Waals surface area contributed by atoms with E-state index in [1.165, 1.54) is 0 Å². The Labute approximate surface area is 153 Å². The summed E-state index contributed by atoms with van der Waals surface area (Å²) in [5.74, 6) is 1.20. The molecule has 3 rings (SSSR count). The Kier molecular flexibility index (Phi) is 5.53. The summed E-state index contributed by atoms with van der Waals surface area (Å²) in [7, 11) is 1.60. The number of aryl methyl sites for hydroxylation is 1. The molecule has 0 radical (unpaired) electrons. The van der Waals surface area contributed by atoms with E-state index in [2.05, 4.69) is 13.0 Å². The second-order valence-electron chi connectivity index (χ2n) is 6.17. The van der Waals surface area contributed by atoms with E-state index in [9.17, 15) is 4.79 Å². The van der Waals surface area contributed by atoms with Gasteiger partial charge in [-0.3, -0.25) is 4.79 Å². The number of benzene rings is 2. The van der Waals surface area contributed by atoms with Crippen molar-refractivity contribution in [1.29, 1.82) is 0 Å². The monoisotopic (exact) mass is 357 g/mol. The summed E-state index contributed by atoms with van der Waals surface area (Å²) in [6, 6.07) is 13.8. The maximum atomic E-state index is 12.8. The number of hydrogen-bond acceptors (Lipinski definition) is 4. The Hall–Kier alpha value is -2.14. The molecule has 2 aromatic carbocycles. The molecular weight excluding hydrogens is 334 g/mol. The van der Waals surface area contributed by atoms with Crippen LogP contribution in [0.4, 0.5) is 5.69 Å². The van der Waals surface area contributed by atoms with Gasteiger partial charge in [0, 0.05) is 16.7 Å². The van der Waals surface area contributed by atoms with Crippen LogP contribution in [-0.2, 0) is 4.79 Å². The van der Waals surface area contributed by atoms with Crippen LogP contribution in [0.1, 0.15) is 18.9 Å². The second kappa shape index (κ2) is 7.83. The van der Waals surface area contributed by atoms with Crippen molar-refractivity contribution < 1.29 is 14.3 Å².